The van der Waals surface area contributed by atoms with Crippen molar-refractivity contribution in [2.75, 3.05) is 11.7 Å². The summed E-state index contributed by atoms with van der Waals surface area (Å²) in [6.07, 6.45) is -0.375. The van der Waals surface area contributed by atoms with Crippen LogP contribution >= 0.6 is 0 Å². The Bertz CT molecular complexity index is 1420. The molecule has 0 radical (unpaired) electrons. The van der Waals surface area contributed by atoms with Crippen LogP contribution in [0.5, 0.6) is 11.5 Å². The molecule has 0 saturated heterocycles. The summed E-state index contributed by atoms with van der Waals surface area (Å²) in [5, 5.41) is 2.14. The Morgan fingerprint density at radius 3 is 2.44 bits per heavy atom. The number of ketones is 1. The van der Waals surface area contributed by atoms with Crippen LogP contribution in [0.1, 0.15) is 33.9 Å². The highest BCUT2D eigenvalue weighted by molar-refractivity contribution is 6.09. The summed E-state index contributed by atoms with van der Waals surface area (Å²) >= 11 is 0. The van der Waals surface area contributed by atoms with E-state index in [-0.39, 0.29) is 25.6 Å². The minimum absolute atomic E-state index is 0.0569. The number of fused-ring (bicyclic) bond motifs is 3. The third-order valence-corrected chi connectivity index (χ3v) is 6.30. The molecule has 2 aliphatic heterocycles. The van der Waals surface area contributed by atoms with E-state index in [1.807, 2.05) is 72.8 Å². The first kappa shape index (κ1) is 20.3. The van der Waals surface area contributed by atoms with Gasteiger partial charge in [-0.3, -0.25) is 9.69 Å². The smallest absolute Gasteiger partial charge is 0.415 e. The fourth-order valence-electron chi connectivity index (χ4n) is 4.60. The van der Waals surface area contributed by atoms with Crippen LogP contribution in [0.2, 0.25) is 0 Å². The highest BCUT2D eigenvalue weighted by atomic mass is 16.7. The van der Waals surface area contributed by atoms with Gasteiger partial charge in [0.15, 0.2) is 17.3 Å². The van der Waals surface area contributed by atoms with Crippen LogP contribution < -0.4 is 14.4 Å². The van der Waals surface area contributed by atoms with Gasteiger partial charge in [0.05, 0.1) is 11.7 Å². The summed E-state index contributed by atoms with van der Waals surface area (Å²) in [4.78, 5) is 28.3. The number of nitrogens with zero attached hydrogens (tertiary/aromatic N) is 1. The Hall–Kier alpha value is -4.32. The average molecular weight is 451 g/mol. The van der Waals surface area contributed by atoms with Gasteiger partial charge in [-0.2, -0.15) is 0 Å². The van der Waals surface area contributed by atoms with E-state index >= 15 is 0 Å². The summed E-state index contributed by atoms with van der Waals surface area (Å²) < 4.78 is 16.7. The van der Waals surface area contributed by atoms with Crippen LogP contribution in [0.4, 0.5) is 10.5 Å². The molecule has 0 unspecified atom stereocenters. The first-order valence-corrected chi connectivity index (χ1v) is 11.1. The summed E-state index contributed by atoms with van der Waals surface area (Å²) in [6, 6.07) is 26.4. The van der Waals surface area contributed by atoms with Gasteiger partial charge in [0.1, 0.15) is 6.61 Å². The van der Waals surface area contributed by atoms with Crippen LogP contribution in [-0.2, 0) is 11.3 Å². The highest BCUT2D eigenvalue weighted by Crippen LogP contribution is 2.45. The van der Waals surface area contributed by atoms with Crippen molar-refractivity contribution in [3.05, 3.63) is 102 Å². The van der Waals surface area contributed by atoms with Crippen molar-refractivity contribution in [3.8, 4) is 11.5 Å². The molecule has 0 bridgehead atoms. The summed E-state index contributed by atoms with van der Waals surface area (Å²) in [5.41, 5.74) is 2.65. The quantitative estimate of drug-likeness (QED) is 0.380. The SMILES string of the molecule is O=C1C[C@H](c2ccc3ccccc3c2)N(C(=O)OCc2ccccc2)c2cc3c(cc21)OCO3. The number of hydrogen-bond acceptors (Lipinski definition) is 5. The van der Waals surface area contributed by atoms with Crippen LogP contribution in [0, 0.1) is 0 Å². The fraction of sp³-hybridized carbons (Fsp3) is 0.143. The number of rotatable bonds is 3. The Morgan fingerprint density at radius 1 is 0.882 bits per heavy atom. The first-order chi connectivity index (χ1) is 16.7. The molecule has 4 aromatic carbocycles. The molecule has 0 aliphatic carbocycles. The number of carbonyl (C=O) groups excluding carboxylic acids is 2. The van der Waals surface area contributed by atoms with Gasteiger partial charge in [0.25, 0.3) is 0 Å². The third kappa shape index (κ3) is 3.53. The molecule has 34 heavy (non-hydrogen) atoms. The molecule has 2 heterocycles. The number of amides is 1. The summed E-state index contributed by atoms with van der Waals surface area (Å²) in [5.74, 6) is 0.957. The predicted molar refractivity (Wildman–Crippen MR) is 127 cm³/mol. The largest absolute Gasteiger partial charge is 0.454 e. The summed E-state index contributed by atoms with van der Waals surface area (Å²) in [7, 11) is 0. The molecule has 0 aromatic heterocycles. The second-order valence-electron chi connectivity index (χ2n) is 8.38. The number of Topliss-reactive ketones (excluding diaryl/α,β-unsaturated/α-hetero) is 1. The van der Waals surface area contributed by atoms with Crippen molar-refractivity contribution in [1.29, 1.82) is 0 Å². The second kappa shape index (κ2) is 8.23. The number of benzene rings is 4. The van der Waals surface area contributed by atoms with Gasteiger partial charge in [0.2, 0.25) is 6.79 Å². The van der Waals surface area contributed by atoms with Crippen molar-refractivity contribution >= 4 is 28.3 Å². The molecule has 168 valence electrons. The monoisotopic (exact) mass is 451 g/mol. The minimum Gasteiger partial charge on any atom is -0.454 e. The fourth-order valence-corrected chi connectivity index (χ4v) is 4.60. The molecule has 2 aliphatic rings. The molecule has 6 rings (SSSR count). The Labute approximate surface area is 196 Å². The number of hydrogen-bond donors (Lipinski definition) is 0. The molecule has 0 N–H and O–H groups in total. The molecule has 0 fully saturated rings. The minimum atomic E-state index is -0.519. The average Bonchev–Trinajstić information content (AvgIpc) is 3.34. The van der Waals surface area contributed by atoms with Crippen molar-refractivity contribution in [3.63, 3.8) is 0 Å². The van der Waals surface area contributed by atoms with Crippen molar-refractivity contribution in [2.45, 2.75) is 19.1 Å². The lowest BCUT2D eigenvalue weighted by molar-refractivity contribution is 0.0960. The lowest BCUT2D eigenvalue weighted by atomic mass is 9.89. The molecule has 0 spiro atoms. The molecule has 1 amide bonds. The standard InChI is InChI=1S/C28H21NO5/c30-25-14-23(21-11-10-19-8-4-5-9-20(19)12-21)29(28(31)32-16-18-6-2-1-3-7-18)24-15-27-26(13-22(24)25)33-17-34-27/h1-13,15,23H,14,16-17H2/t23-/m1/s1. The lowest BCUT2D eigenvalue weighted by Crippen LogP contribution is -2.40. The Balaban J connectivity index is 1.42. The zero-order valence-electron chi connectivity index (χ0n) is 18.3. The third-order valence-electron chi connectivity index (χ3n) is 6.30. The van der Waals surface area contributed by atoms with E-state index < -0.39 is 12.1 Å². The molecule has 4 aromatic rings. The van der Waals surface area contributed by atoms with Gasteiger partial charge in [-0.15, -0.1) is 0 Å². The lowest BCUT2D eigenvalue weighted by Gasteiger charge is -2.36. The van der Waals surface area contributed by atoms with Gasteiger partial charge in [-0.1, -0.05) is 66.7 Å². The van der Waals surface area contributed by atoms with Gasteiger partial charge in [0, 0.05) is 18.1 Å². The topological polar surface area (TPSA) is 65.1 Å². The second-order valence-corrected chi connectivity index (χ2v) is 8.38. The molecule has 0 saturated carbocycles. The zero-order chi connectivity index (χ0) is 23.1. The van der Waals surface area contributed by atoms with Gasteiger partial charge in [-0.05, 0) is 34.0 Å². The Morgan fingerprint density at radius 2 is 1.62 bits per heavy atom. The summed E-state index contributed by atoms with van der Waals surface area (Å²) in [6.45, 7) is 0.216. The maximum absolute atomic E-state index is 13.5. The maximum Gasteiger partial charge on any atom is 0.415 e. The van der Waals surface area contributed by atoms with E-state index in [1.54, 1.807) is 17.0 Å². The van der Waals surface area contributed by atoms with E-state index in [4.69, 9.17) is 14.2 Å². The zero-order valence-corrected chi connectivity index (χ0v) is 18.3. The molecular formula is C28H21NO5. The normalized spacial score (nSPS) is 16.4. The van der Waals surface area contributed by atoms with E-state index in [2.05, 4.69) is 0 Å². The Kier molecular flexibility index (Phi) is 4.91. The molecule has 1 atom stereocenters. The van der Waals surface area contributed by atoms with E-state index in [9.17, 15) is 9.59 Å². The van der Waals surface area contributed by atoms with Crippen LogP contribution in [0.25, 0.3) is 10.8 Å². The van der Waals surface area contributed by atoms with Gasteiger partial charge >= 0.3 is 6.09 Å². The van der Waals surface area contributed by atoms with Gasteiger partial charge < -0.3 is 14.2 Å². The number of ether oxygens (including phenoxy) is 3. The van der Waals surface area contributed by atoms with E-state index in [0.29, 0.717) is 22.7 Å². The predicted octanol–water partition coefficient (Wildman–Crippen LogP) is 6.04. The van der Waals surface area contributed by atoms with Crippen molar-refractivity contribution in [2.24, 2.45) is 0 Å². The van der Waals surface area contributed by atoms with Crippen molar-refractivity contribution < 1.29 is 23.8 Å². The van der Waals surface area contributed by atoms with Crippen LogP contribution in [0.15, 0.2) is 84.9 Å². The number of anilines is 1. The van der Waals surface area contributed by atoms with Crippen LogP contribution in [-0.4, -0.2) is 18.7 Å². The molecular weight excluding hydrogens is 430 g/mol. The maximum atomic E-state index is 13.5. The van der Waals surface area contributed by atoms with Gasteiger partial charge in [-0.25, -0.2) is 4.79 Å². The molecule has 6 nitrogen and oxygen atoms in total. The van der Waals surface area contributed by atoms with Crippen LogP contribution in [0.3, 0.4) is 0 Å². The van der Waals surface area contributed by atoms with E-state index in [1.165, 1.54) is 0 Å². The molecule has 6 heteroatoms. The highest BCUT2D eigenvalue weighted by Gasteiger charge is 2.39. The number of carbonyl (C=O) groups is 2. The van der Waals surface area contributed by atoms with Crippen molar-refractivity contribution in [1.82, 2.24) is 0 Å². The van der Waals surface area contributed by atoms with E-state index in [0.717, 1.165) is 21.9 Å². The first-order valence-electron chi connectivity index (χ1n) is 11.1.